The highest BCUT2D eigenvalue weighted by atomic mass is 32.1. The molecule has 7 atom stereocenters. The third-order valence-electron chi connectivity index (χ3n) is 16.5. The molecule has 7 aromatic rings. The summed E-state index contributed by atoms with van der Waals surface area (Å²) in [5, 5.41) is 23.5. The molecule has 7 heterocycles. The number of amides is 5. The Kier molecular flexibility index (Phi) is 15.4. The smallest absolute Gasteiger partial charge is 0.252 e. The molecular formula is C60H70N8O11S. The van der Waals surface area contributed by atoms with E-state index in [2.05, 4.69) is 61.3 Å². The number of aromatic nitrogens is 3. The summed E-state index contributed by atoms with van der Waals surface area (Å²) in [6.45, 7) is 11.5. The zero-order valence-electron chi connectivity index (χ0n) is 46.3. The fourth-order valence-electron chi connectivity index (χ4n) is 12.6. The first-order chi connectivity index (χ1) is 38.5. The van der Waals surface area contributed by atoms with Crippen LogP contribution in [-0.2, 0) is 61.7 Å². The number of rotatable bonds is 20. The Morgan fingerprint density at radius 2 is 1.56 bits per heavy atom. The SMILES string of the molecule is CO[C@@H]1[C@H](N(C)C(=O)CCOCCOCCOCCC(=O)N[C@H](C(=O)N2C[C@H](O)C[C@H]2C(=O)NCc2ccc(-c3scnc3C)cc2)C(C)(C)C)C[C@H]2O[C@]1(C)n1c3ccccc3c3c4c(c5c6ccccc6n2c5c31)C(=O)NC4. The number of carbonyl (C=O) groups is 5. The average Bonchev–Trinajstić information content (AvgIpc) is 4.35. The average molecular weight is 1110 g/mol. The number of likely N-dealkylation sites (N-methyl/N-ethyl adjacent to an activating group) is 1. The van der Waals surface area contributed by atoms with Crippen LogP contribution in [0.15, 0.2) is 78.3 Å². The first kappa shape index (κ1) is 55.1. The van der Waals surface area contributed by atoms with Gasteiger partial charge in [-0.3, -0.25) is 24.0 Å². The van der Waals surface area contributed by atoms with Crippen molar-refractivity contribution in [3.05, 3.63) is 101 Å². The number of ether oxygens (including phenoxy) is 5. The quantitative estimate of drug-likeness (QED) is 0.0590. The first-order valence-electron chi connectivity index (χ1n) is 27.5. The summed E-state index contributed by atoms with van der Waals surface area (Å²) in [5.41, 5.74) is 8.44. The Balaban J connectivity index is 0.635. The van der Waals surface area contributed by atoms with Crippen LogP contribution in [-0.4, -0.2) is 149 Å². The van der Waals surface area contributed by atoms with E-state index in [1.165, 1.54) is 4.90 Å². The van der Waals surface area contributed by atoms with Crippen LogP contribution in [0.2, 0.25) is 0 Å². The van der Waals surface area contributed by atoms with Crippen molar-refractivity contribution < 1.29 is 52.8 Å². The third kappa shape index (κ3) is 9.91. The van der Waals surface area contributed by atoms with E-state index in [4.69, 9.17) is 23.7 Å². The summed E-state index contributed by atoms with van der Waals surface area (Å²) < 4.78 is 35.5. The molecule has 2 bridgehead atoms. The highest BCUT2D eigenvalue weighted by molar-refractivity contribution is 7.13. The maximum absolute atomic E-state index is 14.1. The van der Waals surface area contributed by atoms with E-state index < -0.39 is 53.6 Å². The minimum Gasteiger partial charge on any atom is -0.391 e. The van der Waals surface area contributed by atoms with Crippen molar-refractivity contribution in [3.63, 3.8) is 0 Å². The highest BCUT2D eigenvalue weighted by Gasteiger charge is 2.55. The van der Waals surface area contributed by atoms with Crippen molar-refractivity contribution in [3.8, 4) is 10.4 Å². The van der Waals surface area contributed by atoms with Gasteiger partial charge in [0.1, 0.15) is 24.4 Å². The molecule has 11 rings (SSSR count). The maximum atomic E-state index is 14.1. The number of hydrogen-bond acceptors (Lipinski definition) is 13. The monoisotopic (exact) mass is 1110 g/mol. The van der Waals surface area contributed by atoms with Gasteiger partial charge in [0, 0.05) is 74.6 Å². The number of nitrogens with zero attached hydrogens (tertiary/aromatic N) is 5. The van der Waals surface area contributed by atoms with E-state index >= 15 is 0 Å². The normalized spacial score (nSPS) is 21.8. The predicted octanol–water partition coefficient (Wildman–Crippen LogP) is 6.66. The zero-order chi connectivity index (χ0) is 56.2. The van der Waals surface area contributed by atoms with Gasteiger partial charge in [0.2, 0.25) is 23.6 Å². The Hall–Kier alpha value is -6.78. The lowest BCUT2D eigenvalue weighted by Crippen LogP contribution is -2.61. The summed E-state index contributed by atoms with van der Waals surface area (Å²) in [6.07, 6.45) is -1.30. The molecule has 20 heteroatoms. The van der Waals surface area contributed by atoms with Crippen molar-refractivity contribution in [2.24, 2.45) is 5.41 Å². The Morgan fingerprint density at radius 3 is 2.24 bits per heavy atom. The van der Waals surface area contributed by atoms with Crippen LogP contribution in [0.5, 0.6) is 0 Å². The topological polar surface area (TPSA) is 217 Å². The van der Waals surface area contributed by atoms with Gasteiger partial charge < -0.3 is 63.7 Å². The second-order valence-corrected chi connectivity index (χ2v) is 23.5. The number of aryl methyl sites for hydroxylation is 1. The molecule has 3 aromatic heterocycles. The molecule has 4 aliphatic rings. The van der Waals surface area contributed by atoms with Crippen LogP contribution >= 0.6 is 11.3 Å². The molecule has 4 aromatic carbocycles. The van der Waals surface area contributed by atoms with Crippen LogP contribution in [0.1, 0.15) is 86.8 Å². The van der Waals surface area contributed by atoms with E-state index in [-0.39, 0.29) is 95.6 Å². The molecular weight excluding hydrogens is 1040 g/mol. The number of aliphatic hydroxyl groups is 1. The molecule has 4 aliphatic heterocycles. The molecule has 19 nitrogen and oxygen atoms in total. The molecule has 2 fully saturated rings. The third-order valence-corrected chi connectivity index (χ3v) is 17.5. The number of nitrogens with one attached hydrogen (secondary N) is 3. The van der Waals surface area contributed by atoms with Gasteiger partial charge in [-0.1, -0.05) is 81.4 Å². The van der Waals surface area contributed by atoms with Gasteiger partial charge >= 0.3 is 0 Å². The van der Waals surface area contributed by atoms with Crippen molar-refractivity contribution in [1.29, 1.82) is 0 Å². The summed E-state index contributed by atoms with van der Waals surface area (Å²) in [6, 6.07) is 22.0. The van der Waals surface area contributed by atoms with Crippen LogP contribution in [0, 0.1) is 12.3 Å². The van der Waals surface area contributed by atoms with Gasteiger partial charge in [-0.05, 0) is 48.1 Å². The van der Waals surface area contributed by atoms with Crippen LogP contribution in [0.3, 0.4) is 0 Å². The molecule has 0 saturated carbocycles. The maximum Gasteiger partial charge on any atom is 0.252 e. The summed E-state index contributed by atoms with van der Waals surface area (Å²) in [4.78, 5) is 77.2. The number of hydrogen-bond donors (Lipinski definition) is 4. The van der Waals surface area contributed by atoms with Gasteiger partial charge in [0.25, 0.3) is 5.91 Å². The molecule has 4 N–H and O–H groups in total. The Bertz CT molecular complexity index is 3530. The van der Waals surface area contributed by atoms with Crippen molar-refractivity contribution in [1.82, 2.24) is 39.9 Å². The van der Waals surface area contributed by atoms with Gasteiger partial charge in [-0.2, -0.15) is 0 Å². The Labute approximate surface area is 467 Å². The van der Waals surface area contributed by atoms with Crippen molar-refractivity contribution >= 4 is 84.5 Å². The fourth-order valence-corrected chi connectivity index (χ4v) is 13.4. The van der Waals surface area contributed by atoms with Gasteiger partial charge in [-0.15, -0.1) is 11.3 Å². The first-order valence-corrected chi connectivity index (χ1v) is 28.4. The van der Waals surface area contributed by atoms with Gasteiger partial charge in [-0.25, -0.2) is 4.98 Å². The molecule has 0 spiro atoms. The van der Waals surface area contributed by atoms with E-state index in [0.29, 0.717) is 18.5 Å². The van der Waals surface area contributed by atoms with E-state index in [9.17, 15) is 29.1 Å². The second kappa shape index (κ2) is 22.3. The summed E-state index contributed by atoms with van der Waals surface area (Å²) in [7, 11) is 3.49. The second-order valence-electron chi connectivity index (χ2n) is 22.6. The fraction of sp³-hybridized carbons (Fsp3) is 0.467. The lowest BCUT2D eigenvalue weighted by atomic mass is 9.85. The minimum absolute atomic E-state index is 0.00601. The Morgan fingerprint density at radius 1 is 0.900 bits per heavy atom. The van der Waals surface area contributed by atoms with Crippen LogP contribution in [0.25, 0.3) is 54.1 Å². The van der Waals surface area contributed by atoms with E-state index in [0.717, 1.165) is 70.9 Å². The lowest BCUT2D eigenvalue weighted by molar-refractivity contribution is -0.266. The van der Waals surface area contributed by atoms with Crippen molar-refractivity contribution in [2.45, 2.75) is 116 Å². The highest BCUT2D eigenvalue weighted by Crippen LogP contribution is 2.54. The van der Waals surface area contributed by atoms with Crippen LogP contribution < -0.4 is 16.0 Å². The largest absolute Gasteiger partial charge is 0.391 e. The van der Waals surface area contributed by atoms with E-state index in [1.54, 1.807) is 23.3 Å². The molecule has 80 heavy (non-hydrogen) atoms. The standard InChI is InChI=1S/C60H70N8O11S/c1-34-53(80-33-63-34)36-18-16-35(17-19-36)30-61-56(72)44-28-37(69)32-66(44)58(74)54(59(2,3)4)64-45(70)20-22-76-24-26-78-27-25-77-23-21-46(71)65(6)43-29-47-67-41-14-10-8-12-38(41)49-50-40(31-62-57(50)73)48-39-13-9-11-15-42(39)68(52(48)51(49)67)60(5,79-47)55(43)75-7/h8-19,33,37,43-44,47,54-55,69H,20-32H2,1-7H3,(H,61,72)(H,62,73)(H,64,70)/t37-,43-,44+,47-,54-,55-,60+/m1/s1. The van der Waals surface area contributed by atoms with Gasteiger partial charge in [0.05, 0.1) is 102 Å². The number of methoxy groups -OCH3 is 1. The summed E-state index contributed by atoms with van der Waals surface area (Å²) >= 11 is 1.57. The number of β-amino-alcohol motifs (C(OH)–C–C–N with tert-alkyl or cyclic N) is 1. The van der Waals surface area contributed by atoms with E-state index in [1.807, 2.05) is 88.8 Å². The lowest BCUT2D eigenvalue weighted by Gasteiger charge is -2.50. The molecule has 0 radical (unpaired) electrons. The van der Waals surface area contributed by atoms with Gasteiger partial charge in [0.15, 0.2) is 5.72 Å². The number of benzene rings is 4. The number of thiazole rings is 1. The molecule has 422 valence electrons. The number of aliphatic hydroxyl groups excluding tert-OH is 1. The zero-order valence-corrected chi connectivity index (χ0v) is 47.2. The molecule has 5 amide bonds. The number of carbonyl (C=O) groups excluding carboxylic acids is 5. The molecule has 2 saturated heterocycles. The summed E-state index contributed by atoms with van der Waals surface area (Å²) in [5.74, 6) is -1.39. The molecule has 0 aliphatic carbocycles. The number of likely N-dealkylation sites (tertiary alicyclic amines) is 1. The minimum atomic E-state index is -1.07. The van der Waals surface area contributed by atoms with Crippen molar-refractivity contribution in [2.75, 3.05) is 60.3 Å². The molecule has 0 unspecified atom stereocenters. The predicted molar refractivity (Wildman–Crippen MR) is 303 cm³/mol. The number of fused-ring (bicyclic) bond motifs is 13. The van der Waals surface area contributed by atoms with Crippen LogP contribution in [0.4, 0.5) is 0 Å². The number of para-hydroxylation sites is 2.